The maximum absolute atomic E-state index is 10.3. The minimum Gasteiger partial charge on any atom is -0.386 e. The Morgan fingerprint density at radius 1 is 1.18 bits per heavy atom. The van der Waals surface area contributed by atoms with Gasteiger partial charge >= 0.3 is 0 Å². The molecule has 2 rings (SSSR count). The molecule has 2 heteroatoms. The smallest absolute Gasteiger partial charge is 0.101 e. The summed E-state index contributed by atoms with van der Waals surface area (Å²) in [6.07, 6.45) is -0.536. The molecule has 0 radical (unpaired) electrons. The van der Waals surface area contributed by atoms with Gasteiger partial charge in [-0.25, -0.2) is 0 Å². The predicted octanol–water partition coefficient (Wildman–Crippen LogP) is 3.62. The van der Waals surface area contributed by atoms with Crippen LogP contribution in [-0.4, -0.2) is 10.1 Å². The van der Waals surface area contributed by atoms with Gasteiger partial charge in [0.2, 0.25) is 0 Å². The van der Waals surface area contributed by atoms with Crippen LogP contribution in [0.15, 0.2) is 30.3 Å². The van der Waals surface area contributed by atoms with Gasteiger partial charge in [-0.3, -0.25) is 4.98 Å². The predicted molar refractivity (Wildman–Crippen MR) is 70.9 cm³/mol. The van der Waals surface area contributed by atoms with Crippen LogP contribution < -0.4 is 0 Å². The SMILES string of the molecule is Cc1cc(C(O)C(C)(C)C)nc2ccccc12. The Morgan fingerprint density at radius 2 is 1.82 bits per heavy atom. The summed E-state index contributed by atoms with van der Waals surface area (Å²) in [6.45, 7) is 8.11. The summed E-state index contributed by atoms with van der Waals surface area (Å²) in [6, 6.07) is 10.0. The zero-order chi connectivity index (χ0) is 12.6. The lowest BCUT2D eigenvalue weighted by Crippen LogP contribution is -2.19. The first-order valence-corrected chi connectivity index (χ1v) is 5.94. The Balaban J connectivity index is 2.58. The van der Waals surface area contributed by atoms with Crippen molar-refractivity contribution in [3.8, 4) is 0 Å². The molecule has 1 unspecified atom stereocenters. The van der Waals surface area contributed by atoms with E-state index in [1.807, 2.05) is 45.0 Å². The number of rotatable bonds is 1. The normalized spacial score (nSPS) is 13.9. The second kappa shape index (κ2) is 4.11. The van der Waals surface area contributed by atoms with E-state index in [0.29, 0.717) is 0 Å². The van der Waals surface area contributed by atoms with Crippen LogP contribution in [0.2, 0.25) is 0 Å². The van der Waals surface area contributed by atoms with Crippen LogP contribution in [0.1, 0.15) is 38.1 Å². The largest absolute Gasteiger partial charge is 0.386 e. The zero-order valence-corrected chi connectivity index (χ0v) is 10.9. The molecule has 0 aliphatic carbocycles. The van der Waals surface area contributed by atoms with Gasteiger partial charge in [0, 0.05) is 5.39 Å². The summed E-state index contributed by atoms with van der Waals surface area (Å²) >= 11 is 0. The van der Waals surface area contributed by atoms with Gasteiger partial charge in [-0.2, -0.15) is 0 Å². The third kappa shape index (κ3) is 2.32. The summed E-state index contributed by atoms with van der Waals surface area (Å²) in [5.74, 6) is 0. The lowest BCUT2D eigenvalue weighted by atomic mass is 9.86. The third-order valence-corrected chi connectivity index (χ3v) is 3.04. The minimum absolute atomic E-state index is 0.193. The molecule has 17 heavy (non-hydrogen) atoms. The molecule has 2 aromatic rings. The van der Waals surface area contributed by atoms with E-state index in [-0.39, 0.29) is 5.41 Å². The molecule has 0 saturated carbocycles. The topological polar surface area (TPSA) is 33.1 Å². The Labute approximate surface area is 102 Å². The Hall–Kier alpha value is -1.41. The number of hydrogen-bond donors (Lipinski definition) is 1. The van der Waals surface area contributed by atoms with Crippen LogP contribution in [0.3, 0.4) is 0 Å². The number of aromatic nitrogens is 1. The number of nitrogens with zero attached hydrogens (tertiary/aromatic N) is 1. The maximum Gasteiger partial charge on any atom is 0.101 e. The van der Waals surface area contributed by atoms with Crippen molar-refractivity contribution in [2.75, 3.05) is 0 Å². The fourth-order valence-electron chi connectivity index (χ4n) is 1.96. The summed E-state index contributed by atoms with van der Waals surface area (Å²) in [4.78, 5) is 4.55. The van der Waals surface area contributed by atoms with Crippen molar-refractivity contribution < 1.29 is 5.11 Å². The molecule has 0 spiro atoms. The summed E-state index contributed by atoms with van der Waals surface area (Å²) < 4.78 is 0. The third-order valence-electron chi connectivity index (χ3n) is 3.04. The second-order valence-corrected chi connectivity index (χ2v) is 5.65. The van der Waals surface area contributed by atoms with Gasteiger partial charge in [-0.15, -0.1) is 0 Å². The lowest BCUT2D eigenvalue weighted by Gasteiger charge is -2.25. The summed E-state index contributed by atoms with van der Waals surface area (Å²) in [5, 5.41) is 11.4. The van der Waals surface area contributed by atoms with Crippen LogP contribution in [0.4, 0.5) is 0 Å². The highest BCUT2D eigenvalue weighted by Gasteiger charge is 2.25. The van der Waals surface area contributed by atoms with Crippen molar-refractivity contribution in [3.05, 3.63) is 41.6 Å². The molecule has 1 aromatic heterocycles. The second-order valence-electron chi connectivity index (χ2n) is 5.65. The highest BCUT2D eigenvalue weighted by atomic mass is 16.3. The first kappa shape index (κ1) is 12.1. The van der Waals surface area contributed by atoms with Crippen LogP contribution in [-0.2, 0) is 0 Å². The summed E-state index contributed by atoms with van der Waals surface area (Å²) in [5.41, 5.74) is 2.68. The highest BCUT2D eigenvalue weighted by molar-refractivity contribution is 5.82. The molecule has 0 aliphatic heterocycles. The van der Waals surface area contributed by atoms with E-state index in [4.69, 9.17) is 0 Å². The van der Waals surface area contributed by atoms with Crippen molar-refractivity contribution in [1.82, 2.24) is 4.98 Å². The number of aliphatic hydroxyl groups is 1. The van der Waals surface area contributed by atoms with Gasteiger partial charge in [0.25, 0.3) is 0 Å². The monoisotopic (exact) mass is 229 g/mol. The molecule has 1 aromatic carbocycles. The number of fused-ring (bicyclic) bond motifs is 1. The summed E-state index contributed by atoms with van der Waals surface area (Å²) in [7, 11) is 0. The molecule has 90 valence electrons. The van der Waals surface area contributed by atoms with Crippen molar-refractivity contribution in [2.24, 2.45) is 5.41 Å². The van der Waals surface area contributed by atoms with Gasteiger partial charge in [0.05, 0.1) is 11.2 Å². The minimum atomic E-state index is -0.536. The van der Waals surface area contributed by atoms with Gasteiger partial charge in [-0.05, 0) is 30.0 Å². The Morgan fingerprint density at radius 3 is 2.47 bits per heavy atom. The highest BCUT2D eigenvalue weighted by Crippen LogP contribution is 2.33. The average Bonchev–Trinajstić information content (AvgIpc) is 2.27. The van der Waals surface area contributed by atoms with E-state index >= 15 is 0 Å². The van der Waals surface area contributed by atoms with Crippen molar-refractivity contribution >= 4 is 10.9 Å². The Bertz CT molecular complexity index is 540. The lowest BCUT2D eigenvalue weighted by molar-refractivity contribution is 0.0591. The van der Waals surface area contributed by atoms with E-state index in [9.17, 15) is 5.11 Å². The van der Waals surface area contributed by atoms with Crippen molar-refractivity contribution in [3.63, 3.8) is 0 Å². The average molecular weight is 229 g/mol. The molecule has 1 atom stereocenters. The van der Waals surface area contributed by atoms with E-state index in [0.717, 1.165) is 22.2 Å². The number of hydrogen-bond acceptors (Lipinski definition) is 2. The molecule has 0 fully saturated rings. The van der Waals surface area contributed by atoms with Crippen molar-refractivity contribution in [1.29, 1.82) is 0 Å². The van der Waals surface area contributed by atoms with E-state index in [2.05, 4.69) is 18.0 Å². The maximum atomic E-state index is 10.3. The van der Waals surface area contributed by atoms with Crippen molar-refractivity contribution in [2.45, 2.75) is 33.8 Å². The zero-order valence-electron chi connectivity index (χ0n) is 10.9. The fourth-order valence-corrected chi connectivity index (χ4v) is 1.96. The van der Waals surface area contributed by atoms with Gasteiger partial charge in [-0.1, -0.05) is 39.0 Å². The molecule has 0 saturated heterocycles. The van der Waals surface area contributed by atoms with E-state index in [1.54, 1.807) is 0 Å². The molecular weight excluding hydrogens is 210 g/mol. The number of pyridine rings is 1. The first-order valence-electron chi connectivity index (χ1n) is 5.94. The van der Waals surface area contributed by atoms with Gasteiger partial charge in [0.1, 0.15) is 6.10 Å². The standard InChI is InChI=1S/C15H19NO/c1-10-9-13(14(17)15(2,3)4)16-12-8-6-5-7-11(10)12/h5-9,14,17H,1-4H3. The molecular formula is C15H19NO. The number of para-hydroxylation sites is 1. The molecule has 2 nitrogen and oxygen atoms in total. The molecule has 0 amide bonds. The fraction of sp³-hybridized carbons (Fsp3) is 0.400. The Kier molecular flexibility index (Phi) is 2.92. The van der Waals surface area contributed by atoms with Crippen LogP contribution in [0.5, 0.6) is 0 Å². The van der Waals surface area contributed by atoms with Crippen LogP contribution >= 0.6 is 0 Å². The molecule has 0 aliphatic rings. The number of aliphatic hydroxyl groups excluding tert-OH is 1. The quantitative estimate of drug-likeness (QED) is 0.810. The van der Waals surface area contributed by atoms with Gasteiger partial charge in [0.15, 0.2) is 0 Å². The van der Waals surface area contributed by atoms with E-state index in [1.165, 1.54) is 0 Å². The van der Waals surface area contributed by atoms with Crippen LogP contribution in [0, 0.1) is 12.3 Å². The van der Waals surface area contributed by atoms with Crippen LogP contribution in [0.25, 0.3) is 10.9 Å². The first-order chi connectivity index (χ1) is 7.89. The van der Waals surface area contributed by atoms with E-state index < -0.39 is 6.10 Å². The molecule has 1 heterocycles. The number of benzene rings is 1. The molecule has 1 N–H and O–H groups in total. The molecule has 0 bridgehead atoms. The number of aryl methyl sites for hydroxylation is 1. The van der Waals surface area contributed by atoms with Gasteiger partial charge < -0.3 is 5.11 Å².